The highest BCUT2D eigenvalue weighted by molar-refractivity contribution is 6.33. The molecule has 1 heterocycles. The van der Waals surface area contributed by atoms with Gasteiger partial charge in [-0.15, -0.1) is 0 Å². The van der Waals surface area contributed by atoms with Crippen LogP contribution in [0.5, 0.6) is 11.5 Å². The number of aromatic hydroxyl groups is 2. The Bertz CT molecular complexity index is 787. The maximum Gasteiger partial charge on any atom is 0.342 e. The van der Waals surface area contributed by atoms with Crippen molar-refractivity contribution >= 4 is 23.4 Å². The van der Waals surface area contributed by atoms with E-state index in [2.05, 4.69) is 0 Å². The van der Waals surface area contributed by atoms with Crippen molar-refractivity contribution in [2.45, 2.75) is 64.3 Å². The van der Waals surface area contributed by atoms with Gasteiger partial charge in [0.1, 0.15) is 29.3 Å². The third-order valence-corrected chi connectivity index (χ3v) is 5.09. The molecule has 0 saturated heterocycles. The summed E-state index contributed by atoms with van der Waals surface area (Å²) in [5, 5.41) is 40.1. The Kier molecular flexibility index (Phi) is 7.46. The molecule has 1 aromatic carbocycles. The van der Waals surface area contributed by atoms with Gasteiger partial charge < -0.3 is 25.2 Å². The summed E-state index contributed by atoms with van der Waals surface area (Å²) in [6.45, 7) is 3.28. The minimum atomic E-state index is -1.53. The second-order valence-electron chi connectivity index (χ2n) is 7.15. The van der Waals surface area contributed by atoms with Crippen molar-refractivity contribution in [1.29, 1.82) is 0 Å². The van der Waals surface area contributed by atoms with Gasteiger partial charge in [-0.2, -0.15) is 0 Å². The third kappa shape index (κ3) is 5.25. The zero-order chi connectivity index (χ0) is 21.0. The molecule has 0 radical (unpaired) electrons. The number of benzene rings is 1. The van der Waals surface area contributed by atoms with Gasteiger partial charge in [0.05, 0.1) is 11.1 Å². The van der Waals surface area contributed by atoms with E-state index in [-0.39, 0.29) is 41.2 Å². The van der Waals surface area contributed by atoms with Crippen molar-refractivity contribution in [3.63, 3.8) is 0 Å². The van der Waals surface area contributed by atoms with Crippen LogP contribution in [0.3, 0.4) is 0 Å². The Hall–Kier alpha value is -2.09. The van der Waals surface area contributed by atoms with Gasteiger partial charge in [0.2, 0.25) is 0 Å². The predicted octanol–water partition coefficient (Wildman–Crippen LogP) is 2.65. The molecular weight excluding hydrogens is 388 g/mol. The van der Waals surface area contributed by atoms with Crippen molar-refractivity contribution in [1.82, 2.24) is 0 Å². The molecule has 154 valence electrons. The van der Waals surface area contributed by atoms with E-state index < -0.39 is 35.8 Å². The molecular formula is C20H25ClO7. The number of ether oxygens (including phenoxy) is 1. The van der Waals surface area contributed by atoms with E-state index in [0.717, 1.165) is 6.07 Å². The smallest absolute Gasteiger partial charge is 0.342 e. The predicted molar refractivity (Wildman–Crippen MR) is 103 cm³/mol. The molecule has 2 rings (SSSR count). The standard InChI is InChI=1S/C20H25ClO7/c1-10-7-11(2)28-20(27)17-12(18(21)15(24)9-14(17)23)5-3-4-6-13(22)19(26)16(25)8-10/h8-9,11,13,19,22-24,26H,3-7H2,1-2H3/b10-8-/t11-,13-,19-/m0/s1. The highest BCUT2D eigenvalue weighted by Crippen LogP contribution is 2.37. The summed E-state index contributed by atoms with van der Waals surface area (Å²) in [5.41, 5.74) is 0.715. The highest BCUT2D eigenvalue weighted by atomic mass is 35.5. The van der Waals surface area contributed by atoms with Gasteiger partial charge in [-0.05, 0) is 44.7 Å². The van der Waals surface area contributed by atoms with Crippen LogP contribution in [0, 0.1) is 0 Å². The fourth-order valence-corrected chi connectivity index (χ4v) is 3.52. The molecule has 0 saturated carbocycles. The number of carbonyl (C=O) groups is 2. The fraction of sp³-hybridized carbons (Fsp3) is 0.500. The van der Waals surface area contributed by atoms with Gasteiger partial charge in [-0.25, -0.2) is 4.79 Å². The number of aliphatic hydroxyl groups excluding tert-OH is 2. The van der Waals surface area contributed by atoms with Gasteiger partial charge >= 0.3 is 5.97 Å². The lowest BCUT2D eigenvalue weighted by Gasteiger charge is -2.17. The zero-order valence-corrected chi connectivity index (χ0v) is 16.6. The Morgan fingerprint density at radius 2 is 1.82 bits per heavy atom. The number of fused-ring (bicyclic) bond motifs is 1. The molecule has 28 heavy (non-hydrogen) atoms. The van der Waals surface area contributed by atoms with Crippen molar-refractivity contribution in [2.75, 3.05) is 0 Å². The van der Waals surface area contributed by atoms with Crippen molar-refractivity contribution < 1.29 is 34.8 Å². The molecule has 1 aromatic rings. The molecule has 0 spiro atoms. The maximum atomic E-state index is 12.6. The molecule has 4 N–H and O–H groups in total. The SMILES string of the molecule is C/C1=C/C(=O)[C@@H](O)[C@@H](O)CCCCc2c(Cl)c(O)cc(O)c2C(=O)O[C@@H](C)C1. The van der Waals surface area contributed by atoms with E-state index in [9.17, 15) is 30.0 Å². The van der Waals surface area contributed by atoms with E-state index in [4.69, 9.17) is 16.3 Å². The lowest BCUT2D eigenvalue weighted by molar-refractivity contribution is -0.128. The summed E-state index contributed by atoms with van der Waals surface area (Å²) >= 11 is 6.14. The number of esters is 1. The number of phenolic OH excluding ortho intramolecular Hbond substituents is 2. The summed E-state index contributed by atoms with van der Waals surface area (Å²) in [5.74, 6) is -2.17. The number of carbonyl (C=O) groups excluding carboxylic acids is 2. The number of phenols is 2. The molecule has 0 unspecified atom stereocenters. The first-order chi connectivity index (χ1) is 13.1. The van der Waals surface area contributed by atoms with E-state index in [1.54, 1.807) is 13.8 Å². The number of hydrogen-bond acceptors (Lipinski definition) is 7. The van der Waals surface area contributed by atoms with E-state index in [1.165, 1.54) is 6.08 Å². The van der Waals surface area contributed by atoms with Crippen molar-refractivity contribution in [2.24, 2.45) is 0 Å². The van der Waals surface area contributed by atoms with E-state index in [1.807, 2.05) is 0 Å². The highest BCUT2D eigenvalue weighted by Gasteiger charge is 2.26. The van der Waals surface area contributed by atoms with Gasteiger partial charge in [0.25, 0.3) is 0 Å². The number of rotatable bonds is 0. The van der Waals surface area contributed by atoms with Crippen LogP contribution in [0.25, 0.3) is 0 Å². The molecule has 7 nitrogen and oxygen atoms in total. The first kappa shape index (κ1) is 22.2. The van der Waals surface area contributed by atoms with Gasteiger partial charge in [0.15, 0.2) is 5.78 Å². The van der Waals surface area contributed by atoms with Crippen LogP contribution in [0.4, 0.5) is 0 Å². The largest absolute Gasteiger partial charge is 0.507 e. The molecule has 1 aliphatic heterocycles. The topological polar surface area (TPSA) is 124 Å². The van der Waals surface area contributed by atoms with Crippen LogP contribution in [0.1, 0.15) is 55.5 Å². The average molecular weight is 413 g/mol. The first-order valence-corrected chi connectivity index (χ1v) is 9.51. The number of cyclic esters (lactones) is 1. The lowest BCUT2D eigenvalue weighted by Crippen LogP contribution is -2.33. The third-order valence-electron chi connectivity index (χ3n) is 4.66. The molecule has 0 fully saturated rings. The second-order valence-corrected chi connectivity index (χ2v) is 7.53. The molecule has 0 bridgehead atoms. The normalized spacial score (nSPS) is 27.0. The Morgan fingerprint density at radius 1 is 1.14 bits per heavy atom. The lowest BCUT2D eigenvalue weighted by atomic mass is 9.97. The molecule has 0 amide bonds. The monoisotopic (exact) mass is 412 g/mol. The van der Waals surface area contributed by atoms with Crippen LogP contribution in [0.2, 0.25) is 5.02 Å². The molecule has 8 heteroatoms. The van der Waals surface area contributed by atoms with Crippen LogP contribution in [-0.2, 0) is 16.0 Å². The minimum absolute atomic E-state index is 0.0476. The van der Waals surface area contributed by atoms with Crippen LogP contribution >= 0.6 is 11.6 Å². The molecule has 0 aliphatic carbocycles. The van der Waals surface area contributed by atoms with Gasteiger partial charge in [-0.3, -0.25) is 4.79 Å². The number of hydrogen-bond donors (Lipinski definition) is 4. The maximum absolute atomic E-state index is 12.6. The van der Waals surface area contributed by atoms with Crippen molar-refractivity contribution in [3.8, 4) is 11.5 Å². The van der Waals surface area contributed by atoms with Gasteiger partial charge in [-0.1, -0.05) is 23.6 Å². The Labute approximate surface area is 168 Å². The van der Waals surface area contributed by atoms with Crippen LogP contribution in [-0.4, -0.2) is 50.5 Å². The minimum Gasteiger partial charge on any atom is -0.507 e. The van der Waals surface area contributed by atoms with Crippen LogP contribution in [0.15, 0.2) is 17.7 Å². The quantitative estimate of drug-likeness (QED) is 0.483. The first-order valence-electron chi connectivity index (χ1n) is 9.13. The summed E-state index contributed by atoms with van der Waals surface area (Å²) in [4.78, 5) is 24.7. The van der Waals surface area contributed by atoms with Crippen molar-refractivity contribution in [3.05, 3.63) is 33.9 Å². The fourth-order valence-electron chi connectivity index (χ4n) is 3.27. The number of ketones is 1. The Balaban J connectivity index is 2.41. The van der Waals surface area contributed by atoms with Crippen LogP contribution < -0.4 is 0 Å². The van der Waals surface area contributed by atoms with E-state index >= 15 is 0 Å². The molecule has 0 aromatic heterocycles. The molecule has 1 aliphatic rings. The summed E-state index contributed by atoms with van der Waals surface area (Å²) < 4.78 is 5.38. The second kappa shape index (κ2) is 9.41. The summed E-state index contributed by atoms with van der Waals surface area (Å²) in [7, 11) is 0. The Morgan fingerprint density at radius 3 is 2.50 bits per heavy atom. The number of aliphatic hydroxyl groups is 2. The number of halogens is 1. The zero-order valence-electron chi connectivity index (χ0n) is 15.8. The molecule has 3 atom stereocenters. The van der Waals surface area contributed by atoms with Gasteiger partial charge in [0, 0.05) is 12.5 Å². The van der Waals surface area contributed by atoms with E-state index in [0.29, 0.717) is 18.4 Å². The average Bonchev–Trinajstić information content (AvgIpc) is 2.60. The summed E-state index contributed by atoms with van der Waals surface area (Å²) in [6.07, 6.45) is -0.654. The summed E-state index contributed by atoms with van der Waals surface area (Å²) in [6, 6.07) is 0.991.